The molecule has 0 heterocycles. The van der Waals surface area contributed by atoms with Gasteiger partial charge in [-0.15, -0.1) is 0 Å². The Morgan fingerprint density at radius 3 is 2.11 bits per heavy atom. The van der Waals surface area contributed by atoms with Crippen LogP contribution in [0.2, 0.25) is 5.02 Å². The SMILES string of the molecule is C=C(C)/C(C)=C/c1c(Cl)c(=C)c2ccccc2c1=C. The van der Waals surface area contributed by atoms with Gasteiger partial charge in [-0.25, -0.2) is 0 Å². The van der Waals surface area contributed by atoms with Gasteiger partial charge in [-0.2, -0.15) is 0 Å². The number of benzene rings is 2. The van der Waals surface area contributed by atoms with Gasteiger partial charge in [-0.3, -0.25) is 0 Å². The number of hydrogen-bond acceptors (Lipinski definition) is 0. The van der Waals surface area contributed by atoms with Gasteiger partial charge in [0, 0.05) is 5.56 Å². The van der Waals surface area contributed by atoms with E-state index in [4.69, 9.17) is 11.6 Å². The molecule has 96 valence electrons. The zero-order chi connectivity index (χ0) is 14.2. The molecule has 0 radical (unpaired) electrons. The maximum Gasteiger partial charge on any atom is 0.0557 e. The number of rotatable bonds is 2. The van der Waals surface area contributed by atoms with Crippen LogP contribution in [0.5, 0.6) is 0 Å². The van der Waals surface area contributed by atoms with E-state index in [0.717, 1.165) is 37.9 Å². The van der Waals surface area contributed by atoms with Crippen LogP contribution in [0.1, 0.15) is 19.4 Å². The Balaban J connectivity index is 2.91. The Labute approximate surface area is 119 Å². The van der Waals surface area contributed by atoms with Gasteiger partial charge < -0.3 is 0 Å². The molecular weight excluding hydrogens is 252 g/mol. The molecule has 0 N–H and O–H groups in total. The molecule has 0 spiro atoms. The standard InChI is InChI=1S/C18H17Cl/c1-11(2)12(3)10-17-13(4)15-8-6-7-9-16(15)14(5)18(17)19/h6-10H,1,4-5H2,2-3H3/b12-10+. The summed E-state index contributed by atoms with van der Waals surface area (Å²) in [6.07, 6.45) is 2.04. The van der Waals surface area contributed by atoms with Crippen LogP contribution in [0.3, 0.4) is 0 Å². The Bertz CT molecular complexity index is 795. The third-order valence-corrected chi connectivity index (χ3v) is 3.87. The second-order valence-corrected chi connectivity index (χ2v) is 5.22. The van der Waals surface area contributed by atoms with Crippen molar-refractivity contribution in [2.75, 3.05) is 0 Å². The predicted molar refractivity (Wildman–Crippen MR) is 87.7 cm³/mol. The number of allylic oxidation sites excluding steroid dienone is 2. The molecule has 0 saturated heterocycles. The van der Waals surface area contributed by atoms with E-state index in [0.29, 0.717) is 5.02 Å². The summed E-state index contributed by atoms with van der Waals surface area (Å²) in [5.74, 6) is 0. The van der Waals surface area contributed by atoms with Crippen molar-refractivity contribution in [3.63, 3.8) is 0 Å². The quantitative estimate of drug-likeness (QED) is 0.713. The average molecular weight is 269 g/mol. The van der Waals surface area contributed by atoms with Gasteiger partial charge in [0.15, 0.2) is 0 Å². The third kappa shape index (κ3) is 2.36. The third-order valence-electron chi connectivity index (χ3n) is 3.44. The molecule has 0 bridgehead atoms. The molecule has 2 aromatic carbocycles. The summed E-state index contributed by atoms with van der Waals surface area (Å²) in [5, 5.41) is 4.61. The molecule has 0 aliphatic heterocycles. The lowest BCUT2D eigenvalue weighted by atomic mass is 9.99. The first-order chi connectivity index (χ1) is 8.93. The first-order valence-corrected chi connectivity index (χ1v) is 6.53. The molecule has 0 aliphatic rings. The minimum absolute atomic E-state index is 0.671. The van der Waals surface area contributed by atoms with Gasteiger partial charge in [0.2, 0.25) is 0 Å². The van der Waals surface area contributed by atoms with Crippen LogP contribution in [0.4, 0.5) is 0 Å². The van der Waals surface area contributed by atoms with E-state index < -0.39 is 0 Å². The van der Waals surface area contributed by atoms with Gasteiger partial charge in [0.05, 0.1) is 5.02 Å². The predicted octanol–water partition coefficient (Wildman–Crippen LogP) is 4.29. The van der Waals surface area contributed by atoms with E-state index in [1.165, 1.54) is 0 Å². The second kappa shape index (κ2) is 5.07. The van der Waals surface area contributed by atoms with Crippen molar-refractivity contribution >= 4 is 41.6 Å². The van der Waals surface area contributed by atoms with Crippen LogP contribution >= 0.6 is 11.6 Å². The van der Waals surface area contributed by atoms with Crippen LogP contribution in [-0.4, -0.2) is 0 Å². The van der Waals surface area contributed by atoms with Gasteiger partial charge in [-0.1, -0.05) is 61.2 Å². The molecular formula is C18H17Cl. The fourth-order valence-electron chi connectivity index (χ4n) is 2.06. The number of hydrogen-bond donors (Lipinski definition) is 0. The van der Waals surface area contributed by atoms with Crippen molar-refractivity contribution in [3.8, 4) is 0 Å². The topological polar surface area (TPSA) is 0 Å². The van der Waals surface area contributed by atoms with Crippen LogP contribution in [0.15, 0.2) is 42.0 Å². The van der Waals surface area contributed by atoms with E-state index in [1.807, 2.05) is 38.1 Å². The van der Waals surface area contributed by atoms with Crippen LogP contribution in [-0.2, 0) is 0 Å². The molecule has 0 nitrogen and oxygen atoms in total. The second-order valence-electron chi connectivity index (χ2n) is 4.84. The van der Waals surface area contributed by atoms with Gasteiger partial charge in [-0.05, 0) is 46.7 Å². The largest absolute Gasteiger partial charge is 0.0958 e. The first kappa shape index (κ1) is 13.6. The minimum atomic E-state index is 0.671. The summed E-state index contributed by atoms with van der Waals surface area (Å²) < 4.78 is 0. The van der Waals surface area contributed by atoms with Crippen molar-refractivity contribution in [2.45, 2.75) is 13.8 Å². The summed E-state index contributed by atoms with van der Waals surface area (Å²) in [4.78, 5) is 0. The Morgan fingerprint density at radius 1 is 1.05 bits per heavy atom. The lowest BCUT2D eigenvalue weighted by molar-refractivity contribution is 1.38. The van der Waals surface area contributed by atoms with E-state index in [1.54, 1.807) is 0 Å². The highest BCUT2D eigenvalue weighted by atomic mass is 35.5. The number of halogens is 1. The van der Waals surface area contributed by atoms with Crippen molar-refractivity contribution in [1.82, 2.24) is 0 Å². The van der Waals surface area contributed by atoms with Crippen LogP contribution < -0.4 is 10.4 Å². The summed E-state index contributed by atoms with van der Waals surface area (Å²) in [7, 11) is 0. The highest BCUT2D eigenvalue weighted by Crippen LogP contribution is 2.18. The Morgan fingerprint density at radius 2 is 1.58 bits per heavy atom. The molecule has 0 atom stereocenters. The van der Waals surface area contributed by atoms with Crippen molar-refractivity contribution in [2.24, 2.45) is 0 Å². The fourth-order valence-corrected chi connectivity index (χ4v) is 2.33. The normalized spacial score (nSPS) is 11.8. The summed E-state index contributed by atoms with van der Waals surface area (Å²) >= 11 is 6.45. The van der Waals surface area contributed by atoms with E-state index in [9.17, 15) is 0 Å². The highest BCUT2D eigenvalue weighted by Gasteiger charge is 2.06. The van der Waals surface area contributed by atoms with Gasteiger partial charge in [0.1, 0.15) is 0 Å². The molecule has 0 amide bonds. The van der Waals surface area contributed by atoms with E-state index in [2.05, 4.69) is 25.8 Å². The van der Waals surface area contributed by atoms with Crippen molar-refractivity contribution in [3.05, 3.63) is 63.0 Å². The lowest BCUT2D eigenvalue weighted by Gasteiger charge is -2.08. The summed E-state index contributed by atoms with van der Waals surface area (Å²) in [6, 6.07) is 8.07. The molecule has 0 saturated carbocycles. The first-order valence-electron chi connectivity index (χ1n) is 6.15. The van der Waals surface area contributed by atoms with E-state index in [-0.39, 0.29) is 0 Å². The maximum absolute atomic E-state index is 6.45. The van der Waals surface area contributed by atoms with Crippen LogP contribution in [0, 0.1) is 0 Å². The van der Waals surface area contributed by atoms with E-state index >= 15 is 0 Å². The minimum Gasteiger partial charge on any atom is -0.0958 e. The van der Waals surface area contributed by atoms with Crippen molar-refractivity contribution < 1.29 is 0 Å². The van der Waals surface area contributed by atoms with Crippen LogP contribution in [0.25, 0.3) is 30.0 Å². The fraction of sp³-hybridized carbons (Fsp3) is 0.111. The Kier molecular flexibility index (Phi) is 3.64. The Hall–Kier alpha value is -1.79. The number of fused-ring (bicyclic) bond motifs is 1. The summed E-state index contributed by atoms with van der Waals surface area (Å²) in [6.45, 7) is 16.2. The van der Waals surface area contributed by atoms with Gasteiger partial charge >= 0.3 is 0 Å². The summed E-state index contributed by atoms with van der Waals surface area (Å²) in [5.41, 5.74) is 3.06. The lowest BCUT2D eigenvalue weighted by Crippen LogP contribution is -2.15. The maximum atomic E-state index is 6.45. The molecule has 0 fully saturated rings. The molecule has 2 rings (SSSR count). The smallest absolute Gasteiger partial charge is 0.0557 e. The molecule has 0 aromatic heterocycles. The molecule has 19 heavy (non-hydrogen) atoms. The zero-order valence-corrected chi connectivity index (χ0v) is 12.1. The molecule has 1 heteroatoms. The monoisotopic (exact) mass is 268 g/mol. The molecule has 2 aromatic rings. The zero-order valence-electron chi connectivity index (χ0n) is 11.4. The molecule has 0 unspecified atom stereocenters. The molecule has 0 aliphatic carbocycles. The van der Waals surface area contributed by atoms with Gasteiger partial charge in [0.25, 0.3) is 0 Å². The highest BCUT2D eigenvalue weighted by molar-refractivity contribution is 6.33. The van der Waals surface area contributed by atoms with Crippen molar-refractivity contribution in [1.29, 1.82) is 0 Å². The average Bonchev–Trinajstić information content (AvgIpc) is 2.40.